The molecule has 15 heavy (non-hydrogen) atoms. The lowest BCUT2D eigenvalue weighted by atomic mass is 10.1. The van der Waals surface area contributed by atoms with Gasteiger partial charge < -0.3 is 15.0 Å². The minimum Gasteiger partial charge on any atom is -0.383 e. The van der Waals surface area contributed by atoms with Crippen molar-refractivity contribution in [3.05, 3.63) is 36.0 Å². The number of H-pyrrole nitrogens is 1. The molecule has 0 aliphatic carbocycles. The van der Waals surface area contributed by atoms with Crippen LogP contribution in [0.15, 0.2) is 30.5 Å². The highest BCUT2D eigenvalue weighted by atomic mass is 16.5. The van der Waals surface area contributed by atoms with Crippen molar-refractivity contribution in [2.75, 3.05) is 20.3 Å². The van der Waals surface area contributed by atoms with Crippen molar-refractivity contribution in [1.82, 2.24) is 10.3 Å². The highest BCUT2D eigenvalue weighted by molar-refractivity contribution is 5.79. The minimum atomic E-state index is 0.756. The molecule has 3 heteroatoms. The van der Waals surface area contributed by atoms with Gasteiger partial charge >= 0.3 is 0 Å². The van der Waals surface area contributed by atoms with Crippen LogP contribution in [0.1, 0.15) is 5.56 Å². The predicted octanol–water partition coefficient (Wildman–Crippen LogP) is 1.90. The van der Waals surface area contributed by atoms with Gasteiger partial charge in [-0.1, -0.05) is 6.07 Å². The smallest absolute Gasteiger partial charge is 0.0587 e. The summed E-state index contributed by atoms with van der Waals surface area (Å²) >= 11 is 0. The molecule has 0 bridgehead atoms. The minimum absolute atomic E-state index is 0.756. The molecular formula is C12H16N2O. The van der Waals surface area contributed by atoms with Gasteiger partial charge in [0, 0.05) is 31.9 Å². The molecule has 1 aromatic carbocycles. The summed E-state index contributed by atoms with van der Waals surface area (Å²) in [6.07, 6.45) is 1.97. The maximum absolute atomic E-state index is 4.97. The van der Waals surface area contributed by atoms with Gasteiger partial charge in [0.05, 0.1) is 6.61 Å². The molecular weight excluding hydrogens is 188 g/mol. The lowest BCUT2D eigenvalue weighted by Gasteiger charge is -2.04. The van der Waals surface area contributed by atoms with E-state index < -0.39 is 0 Å². The second-order valence-electron chi connectivity index (χ2n) is 3.57. The summed E-state index contributed by atoms with van der Waals surface area (Å²) in [5.74, 6) is 0. The number of methoxy groups -OCH3 is 1. The first-order valence-corrected chi connectivity index (χ1v) is 5.16. The van der Waals surface area contributed by atoms with E-state index in [9.17, 15) is 0 Å². The van der Waals surface area contributed by atoms with Gasteiger partial charge in [-0.05, 0) is 29.1 Å². The molecule has 0 fully saturated rings. The van der Waals surface area contributed by atoms with Crippen molar-refractivity contribution < 1.29 is 4.74 Å². The van der Waals surface area contributed by atoms with E-state index >= 15 is 0 Å². The molecule has 0 radical (unpaired) electrons. The second-order valence-corrected chi connectivity index (χ2v) is 3.57. The van der Waals surface area contributed by atoms with Gasteiger partial charge in [-0.15, -0.1) is 0 Å². The largest absolute Gasteiger partial charge is 0.383 e. The molecule has 0 aliphatic rings. The molecule has 0 amide bonds. The summed E-state index contributed by atoms with van der Waals surface area (Å²) in [6.45, 7) is 2.54. The first kappa shape index (κ1) is 10.2. The summed E-state index contributed by atoms with van der Waals surface area (Å²) < 4.78 is 4.97. The Hall–Kier alpha value is -1.32. The number of aromatic amines is 1. The Kier molecular flexibility index (Phi) is 3.37. The van der Waals surface area contributed by atoms with Crippen molar-refractivity contribution >= 4 is 10.9 Å². The van der Waals surface area contributed by atoms with Crippen LogP contribution in [0.4, 0.5) is 0 Å². The van der Waals surface area contributed by atoms with E-state index in [1.54, 1.807) is 7.11 Å². The zero-order valence-electron chi connectivity index (χ0n) is 8.92. The van der Waals surface area contributed by atoms with Gasteiger partial charge in [-0.25, -0.2) is 0 Å². The van der Waals surface area contributed by atoms with E-state index in [4.69, 9.17) is 4.74 Å². The standard InChI is InChI=1S/C12H16N2O/c1-15-7-6-13-9-10-2-3-12-11(8-10)4-5-14-12/h2-5,8,13-14H,6-7,9H2,1H3. The monoisotopic (exact) mass is 204 g/mol. The van der Waals surface area contributed by atoms with Crippen LogP contribution < -0.4 is 5.32 Å². The van der Waals surface area contributed by atoms with Gasteiger partial charge in [0.2, 0.25) is 0 Å². The third-order valence-electron chi connectivity index (χ3n) is 2.43. The highest BCUT2D eigenvalue weighted by Gasteiger charge is 1.96. The molecule has 1 heterocycles. The second kappa shape index (κ2) is 4.96. The Labute approximate surface area is 89.4 Å². The van der Waals surface area contributed by atoms with E-state index in [1.165, 1.54) is 16.5 Å². The van der Waals surface area contributed by atoms with Crippen molar-refractivity contribution in [2.24, 2.45) is 0 Å². The first-order valence-electron chi connectivity index (χ1n) is 5.16. The molecule has 0 unspecified atom stereocenters. The first-order chi connectivity index (χ1) is 7.40. The van der Waals surface area contributed by atoms with Gasteiger partial charge in [0.1, 0.15) is 0 Å². The molecule has 3 nitrogen and oxygen atoms in total. The summed E-state index contributed by atoms with van der Waals surface area (Å²) in [7, 11) is 1.72. The number of hydrogen-bond acceptors (Lipinski definition) is 2. The maximum atomic E-state index is 4.97. The van der Waals surface area contributed by atoms with E-state index in [-0.39, 0.29) is 0 Å². The molecule has 0 saturated carbocycles. The number of benzene rings is 1. The van der Waals surface area contributed by atoms with Gasteiger partial charge in [0.15, 0.2) is 0 Å². The fourth-order valence-electron chi connectivity index (χ4n) is 1.62. The molecule has 0 atom stereocenters. The molecule has 80 valence electrons. The lowest BCUT2D eigenvalue weighted by Crippen LogP contribution is -2.18. The fraction of sp³-hybridized carbons (Fsp3) is 0.333. The Morgan fingerprint density at radius 2 is 2.27 bits per heavy atom. The molecule has 0 aliphatic heterocycles. The van der Waals surface area contributed by atoms with E-state index in [2.05, 4.69) is 34.6 Å². The van der Waals surface area contributed by atoms with Crippen molar-refractivity contribution in [3.8, 4) is 0 Å². The number of rotatable bonds is 5. The number of ether oxygens (including phenoxy) is 1. The Morgan fingerprint density at radius 3 is 3.13 bits per heavy atom. The summed E-state index contributed by atoms with van der Waals surface area (Å²) in [4.78, 5) is 3.18. The van der Waals surface area contributed by atoms with Crippen LogP contribution in [0.2, 0.25) is 0 Å². The van der Waals surface area contributed by atoms with Crippen molar-refractivity contribution in [3.63, 3.8) is 0 Å². The van der Waals surface area contributed by atoms with Crippen LogP contribution >= 0.6 is 0 Å². The third-order valence-corrected chi connectivity index (χ3v) is 2.43. The van der Waals surface area contributed by atoms with Crippen LogP contribution in [-0.2, 0) is 11.3 Å². The van der Waals surface area contributed by atoms with E-state index in [0.29, 0.717) is 0 Å². The summed E-state index contributed by atoms with van der Waals surface area (Å²) in [6, 6.07) is 8.54. The number of nitrogens with one attached hydrogen (secondary N) is 2. The summed E-state index contributed by atoms with van der Waals surface area (Å²) in [5, 5.41) is 4.59. The van der Waals surface area contributed by atoms with Crippen LogP contribution in [-0.4, -0.2) is 25.2 Å². The normalized spacial score (nSPS) is 11.0. The Balaban J connectivity index is 1.96. The Morgan fingerprint density at radius 1 is 1.33 bits per heavy atom. The third kappa shape index (κ3) is 2.58. The predicted molar refractivity (Wildman–Crippen MR) is 61.9 cm³/mol. The topological polar surface area (TPSA) is 37.0 Å². The van der Waals surface area contributed by atoms with Crippen LogP contribution in [0.25, 0.3) is 10.9 Å². The van der Waals surface area contributed by atoms with Gasteiger partial charge in [0.25, 0.3) is 0 Å². The van der Waals surface area contributed by atoms with Crippen molar-refractivity contribution in [2.45, 2.75) is 6.54 Å². The Bertz CT molecular complexity index is 422. The number of fused-ring (bicyclic) bond motifs is 1. The number of hydrogen-bond donors (Lipinski definition) is 2. The van der Waals surface area contributed by atoms with E-state index in [0.717, 1.165) is 19.7 Å². The van der Waals surface area contributed by atoms with Gasteiger partial charge in [-0.3, -0.25) is 0 Å². The summed E-state index contributed by atoms with van der Waals surface area (Å²) in [5.41, 5.74) is 2.49. The highest BCUT2D eigenvalue weighted by Crippen LogP contribution is 2.13. The maximum Gasteiger partial charge on any atom is 0.0587 e. The molecule has 0 spiro atoms. The molecule has 0 saturated heterocycles. The average molecular weight is 204 g/mol. The average Bonchev–Trinajstić information content (AvgIpc) is 2.71. The fourth-order valence-corrected chi connectivity index (χ4v) is 1.62. The van der Waals surface area contributed by atoms with Crippen LogP contribution in [0, 0.1) is 0 Å². The molecule has 2 N–H and O–H groups in total. The zero-order valence-corrected chi connectivity index (χ0v) is 8.92. The lowest BCUT2D eigenvalue weighted by molar-refractivity contribution is 0.199. The van der Waals surface area contributed by atoms with E-state index in [1.807, 2.05) is 6.20 Å². The van der Waals surface area contributed by atoms with Gasteiger partial charge in [-0.2, -0.15) is 0 Å². The SMILES string of the molecule is COCCNCc1ccc2[nH]ccc2c1. The molecule has 2 rings (SSSR count). The van der Waals surface area contributed by atoms with Crippen molar-refractivity contribution in [1.29, 1.82) is 0 Å². The molecule has 1 aromatic heterocycles. The van der Waals surface area contributed by atoms with Crippen LogP contribution in [0.3, 0.4) is 0 Å². The molecule has 2 aromatic rings. The van der Waals surface area contributed by atoms with Crippen LogP contribution in [0.5, 0.6) is 0 Å². The quantitative estimate of drug-likeness (QED) is 0.730. The number of aromatic nitrogens is 1. The zero-order chi connectivity index (χ0) is 10.5.